The van der Waals surface area contributed by atoms with Crippen molar-refractivity contribution in [2.75, 3.05) is 26.2 Å². The number of piperazine rings is 1. The lowest BCUT2D eigenvalue weighted by Crippen LogP contribution is -2.49. The first kappa shape index (κ1) is 17.7. The van der Waals surface area contributed by atoms with Crippen molar-refractivity contribution in [1.29, 1.82) is 0 Å². The molecule has 1 amide bonds. The summed E-state index contributed by atoms with van der Waals surface area (Å²) in [6.07, 6.45) is -0.201. The molecule has 130 valence electrons. The summed E-state index contributed by atoms with van der Waals surface area (Å²) in [6, 6.07) is 6.45. The van der Waals surface area contributed by atoms with Gasteiger partial charge in [-0.1, -0.05) is 22.0 Å². The van der Waals surface area contributed by atoms with Gasteiger partial charge in [0.15, 0.2) is 0 Å². The predicted molar refractivity (Wildman–Crippen MR) is 103 cm³/mol. The summed E-state index contributed by atoms with van der Waals surface area (Å²) in [5, 5.41) is 3.58. The molecule has 0 radical (unpaired) electrons. The van der Waals surface area contributed by atoms with Crippen LogP contribution in [0.4, 0.5) is 4.79 Å². The summed E-state index contributed by atoms with van der Waals surface area (Å²) in [6.45, 7) is 9.86. The van der Waals surface area contributed by atoms with Crippen LogP contribution in [0.1, 0.15) is 26.3 Å². The first-order valence-electron chi connectivity index (χ1n) is 8.18. The largest absolute Gasteiger partial charge is 0.444 e. The molecule has 0 atom stereocenters. The van der Waals surface area contributed by atoms with E-state index in [1.54, 1.807) is 11.3 Å². The van der Waals surface area contributed by atoms with E-state index in [0.29, 0.717) is 0 Å². The molecule has 0 saturated carbocycles. The number of carbonyl (C=O) groups excluding carboxylic acids is 1. The third-order valence-electron chi connectivity index (χ3n) is 4.04. The Labute approximate surface area is 155 Å². The van der Waals surface area contributed by atoms with E-state index in [1.165, 1.54) is 15.6 Å². The second kappa shape index (κ2) is 7.02. The maximum absolute atomic E-state index is 12.1. The van der Waals surface area contributed by atoms with Gasteiger partial charge in [-0.2, -0.15) is 0 Å². The van der Waals surface area contributed by atoms with Crippen LogP contribution in [-0.2, 0) is 11.3 Å². The molecule has 0 N–H and O–H groups in total. The molecule has 0 bridgehead atoms. The van der Waals surface area contributed by atoms with E-state index in [9.17, 15) is 4.79 Å². The molecule has 0 unspecified atom stereocenters. The molecule has 2 aromatic rings. The highest BCUT2D eigenvalue weighted by molar-refractivity contribution is 9.10. The molecule has 1 aliphatic rings. The van der Waals surface area contributed by atoms with Gasteiger partial charge in [0.25, 0.3) is 0 Å². The fourth-order valence-corrected chi connectivity index (χ4v) is 4.34. The van der Waals surface area contributed by atoms with Crippen LogP contribution >= 0.6 is 27.3 Å². The van der Waals surface area contributed by atoms with Crippen molar-refractivity contribution in [3.8, 4) is 0 Å². The van der Waals surface area contributed by atoms with Crippen LogP contribution in [0.25, 0.3) is 10.1 Å². The van der Waals surface area contributed by atoms with E-state index in [1.807, 2.05) is 25.7 Å². The number of hydrogen-bond acceptors (Lipinski definition) is 4. The van der Waals surface area contributed by atoms with E-state index in [-0.39, 0.29) is 6.09 Å². The number of fused-ring (bicyclic) bond motifs is 1. The number of carbonyl (C=O) groups is 1. The van der Waals surface area contributed by atoms with Gasteiger partial charge in [-0.25, -0.2) is 4.79 Å². The van der Waals surface area contributed by atoms with Crippen molar-refractivity contribution in [3.05, 3.63) is 33.6 Å². The van der Waals surface area contributed by atoms with Crippen LogP contribution in [0.2, 0.25) is 0 Å². The van der Waals surface area contributed by atoms with Gasteiger partial charge in [0.2, 0.25) is 0 Å². The third-order valence-corrected chi connectivity index (χ3v) is 5.52. The van der Waals surface area contributed by atoms with Gasteiger partial charge >= 0.3 is 6.09 Å². The summed E-state index contributed by atoms with van der Waals surface area (Å²) in [7, 11) is 0. The molecule has 1 saturated heterocycles. The van der Waals surface area contributed by atoms with E-state index < -0.39 is 5.60 Å². The number of ether oxygens (including phenoxy) is 1. The standard InChI is InChI=1S/C18H23BrN2O2S/c1-18(2,3)23-17(22)21-8-6-20(7-9-21)11-13-12-24-16-10-14(19)4-5-15(13)16/h4-5,10,12H,6-9,11H2,1-3H3. The molecule has 24 heavy (non-hydrogen) atoms. The van der Waals surface area contributed by atoms with Crippen molar-refractivity contribution in [3.63, 3.8) is 0 Å². The molecule has 0 aliphatic carbocycles. The summed E-state index contributed by atoms with van der Waals surface area (Å²) >= 11 is 5.32. The summed E-state index contributed by atoms with van der Waals surface area (Å²) in [5.74, 6) is 0. The fourth-order valence-electron chi connectivity index (χ4n) is 2.84. The number of halogens is 1. The first-order valence-corrected chi connectivity index (χ1v) is 9.85. The maximum Gasteiger partial charge on any atom is 0.410 e. The average molecular weight is 411 g/mol. The van der Waals surface area contributed by atoms with E-state index in [0.717, 1.165) is 37.2 Å². The average Bonchev–Trinajstić information content (AvgIpc) is 2.88. The highest BCUT2D eigenvalue weighted by Gasteiger charge is 2.26. The minimum atomic E-state index is -0.432. The highest BCUT2D eigenvalue weighted by Crippen LogP contribution is 2.29. The zero-order chi connectivity index (χ0) is 17.3. The van der Waals surface area contributed by atoms with Gasteiger partial charge in [0.05, 0.1) is 0 Å². The minimum Gasteiger partial charge on any atom is -0.444 e. The Bertz CT molecular complexity index is 730. The van der Waals surface area contributed by atoms with Crippen molar-refractivity contribution >= 4 is 43.4 Å². The Morgan fingerprint density at radius 1 is 1.25 bits per heavy atom. The second-order valence-electron chi connectivity index (χ2n) is 7.14. The zero-order valence-electron chi connectivity index (χ0n) is 14.3. The summed E-state index contributed by atoms with van der Waals surface area (Å²) < 4.78 is 7.88. The van der Waals surface area contributed by atoms with Crippen LogP contribution in [0.15, 0.2) is 28.1 Å². The first-order chi connectivity index (χ1) is 11.3. The Hall–Kier alpha value is -1.11. The number of hydrogen-bond donors (Lipinski definition) is 0. The van der Waals surface area contributed by atoms with Gasteiger partial charge in [-0.3, -0.25) is 4.90 Å². The lowest BCUT2D eigenvalue weighted by molar-refractivity contribution is 0.0139. The predicted octanol–water partition coefficient (Wildman–Crippen LogP) is 4.72. The second-order valence-corrected chi connectivity index (χ2v) is 8.97. The minimum absolute atomic E-state index is 0.201. The molecule has 3 rings (SSSR count). The highest BCUT2D eigenvalue weighted by atomic mass is 79.9. The monoisotopic (exact) mass is 410 g/mol. The van der Waals surface area contributed by atoms with E-state index >= 15 is 0 Å². The molecule has 6 heteroatoms. The van der Waals surface area contributed by atoms with Crippen molar-refractivity contribution < 1.29 is 9.53 Å². The van der Waals surface area contributed by atoms with Crippen LogP contribution in [0.3, 0.4) is 0 Å². The third kappa shape index (κ3) is 4.29. The maximum atomic E-state index is 12.1. The topological polar surface area (TPSA) is 32.8 Å². The van der Waals surface area contributed by atoms with Crippen LogP contribution in [0, 0.1) is 0 Å². The summed E-state index contributed by atoms with van der Waals surface area (Å²) in [5.41, 5.74) is 0.936. The smallest absolute Gasteiger partial charge is 0.410 e. The van der Waals surface area contributed by atoms with E-state index in [4.69, 9.17) is 4.74 Å². The van der Waals surface area contributed by atoms with Gasteiger partial charge in [-0.15, -0.1) is 11.3 Å². The van der Waals surface area contributed by atoms with Gasteiger partial charge in [-0.05, 0) is 49.2 Å². The number of rotatable bonds is 2. The van der Waals surface area contributed by atoms with Crippen molar-refractivity contribution in [2.45, 2.75) is 32.9 Å². The van der Waals surface area contributed by atoms with Gasteiger partial charge < -0.3 is 9.64 Å². The molecule has 1 aromatic heterocycles. The molecule has 4 nitrogen and oxygen atoms in total. The van der Waals surface area contributed by atoms with Gasteiger partial charge in [0.1, 0.15) is 5.60 Å². The molecule has 1 fully saturated rings. The van der Waals surface area contributed by atoms with Crippen LogP contribution < -0.4 is 0 Å². The molecule has 1 aromatic carbocycles. The van der Waals surface area contributed by atoms with Crippen LogP contribution in [-0.4, -0.2) is 47.7 Å². The van der Waals surface area contributed by atoms with Gasteiger partial charge in [0, 0.05) is 41.9 Å². The Kier molecular flexibility index (Phi) is 5.18. The van der Waals surface area contributed by atoms with Crippen molar-refractivity contribution in [1.82, 2.24) is 9.80 Å². The molecular weight excluding hydrogens is 388 g/mol. The number of benzene rings is 1. The summed E-state index contributed by atoms with van der Waals surface area (Å²) in [4.78, 5) is 16.3. The van der Waals surface area contributed by atoms with Crippen LogP contribution in [0.5, 0.6) is 0 Å². The molecule has 2 heterocycles. The molecule has 1 aliphatic heterocycles. The molecule has 0 spiro atoms. The SMILES string of the molecule is CC(C)(C)OC(=O)N1CCN(Cc2csc3cc(Br)ccc23)CC1. The lowest BCUT2D eigenvalue weighted by Gasteiger charge is -2.35. The quantitative estimate of drug-likeness (QED) is 0.717. The van der Waals surface area contributed by atoms with E-state index in [2.05, 4.69) is 44.4 Å². The Morgan fingerprint density at radius 2 is 1.96 bits per heavy atom. The molecular formula is C18H23BrN2O2S. The number of thiophene rings is 1. The number of amides is 1. The fraction of sp³-hybridized carbons (Fsp3) is 0.500. The normalized spacial score (nSPS) is 16.6. The Morgan fingerprint density at radius 3 is 2.62 bits per heavy atom. The lowest BCUT2D eigenvalue weighted by atomic mass is 10.1. The Balaban J connectivity index is 1.58. The number of nitrogens with zero attached hydrogens (tertiary/aromatic N) is 2. The zero-order valence-corrected chi connectivity index (χ0v) is 16.7. The van der Waals surface area contributed by atoms with Crippen molar-refractivity contribution in [2.24, 2.45) is 0 Å².